The maximum absolute atomic E-state index is 11.9. The van der Waals surface area contributed by atoms with Gasteiger partial charge < -0.3 is 35.1 Å². The molecular weight excluding hydrogens is 676 g/mol. The molecule has 290 valence electrons. The highest BCUT2D eigenvalue weighted by atomic mass is 16.6. The molecule has 0 bridgehead atoms. The number of carbonyl (C=O) groups excluding carboxylic acids is 4. The Hall–Kier alpha value is -5.55. The molecule has 0 unspecified atom stereocenters. The molecule has 0 aliphatic heterocycles. The van der Waals surface area contributed by atoms with Crippen molar-refractivity contribution in [1.82, 2.24) is 15.0 Å². The van der Waals surface area contributed by atoms with Crippen molar-refractivity contribution >= 4 is 35.5 Å². The molecule has 9 N–H and O–H groups in total. The Labute approximate surface area is 306 Å². The van der Waals surface area contributed by atoms with Crippen LogP contribution in [0.3, 0.4) is 0 Å². The predicted octanol–water partition coefficient (Wildman–Crippen LogP) is 6.17. The van der Waals surface area contributed by atoms with Crippen molar-refractivity contribution in [2.45, 2.75) is 78.3 Å². The van der Waals surface area contributed by atoms with E-state index in [4.69, 9.17) is 35.9 Å². The number of carbonyl (C=O) groups is 4. The van der Waals surface area contributed by atoms with Crippen LogP contribution in [0.4, 0.5) is 21.0 Å². The van der Waals surface area contributed by atoms with Crippen LogP contribution in [0.25, 0.3) is 0 Å². The predicted molar refractivity (Wildman–Crippen MR) is 197 cm³/mol. The minimum absolute atomic E-state index is 0. The number of unbranched alkanes of at least 4 members (excludes halogenated alkanes) is 2. The highest BCUT2D eigenvalue weighted by molar-refractivity contribution is 5.90. The number of esters is 2. The number of nitrogens with one attached hydrogen (secondary N) is 5. The normalized spacial score (nSPS) is 10.9. The van der Waals surface area contributed by atoms with E-state index in [2.05, 4.69) is 29.5 Å². The van der Waals surface area contributed by atoms with Crippen molar-refractivity contribution in [2.75, 3.05) is 37.1 Å². The first-order chi connectivity index (χ1) is 24.7. The number of hydrogen-bond donors (Lipinski definition) is 6. The van der Waals surface area contributed by atoms with Crippen molar-refractivity contribution in [1.29, 1.82) is 11.1 Å². The molecule has 3 rings (SSSR count). The fourth-order valence-corrected chi connectivity index (χ4v) is 4.43. The highest BCUT2D eigenvalue weighted by Crippen LogP contribution is 2.16. The van der Waals surface area contributed by atoms with Crippen LogP contribution < -0.4 is 21.9 Å². The zero-order chi connectivity index (χ0) is 37.9. The van der Waals surface area contributed by atoms with E-state index < -0.39 is 12.2 Å². The number of nitrogens with two attached hydrogens (primary N) is 1. The number of hydrogen-bond acceptors (Lipinski definition) is 14. The number of aromatic nitrogens is 2. The quantitative estimate of drug-likeness (QED) is 0.0214. The third kappa shape index (κ3) is 18.4. The van der Waals surface area contributed by atoms with Crippen LogP contribution in [0.5, 0.6) is 0 Å². The number of anilines is 2. The number of amides is 1. The van der Waals surface area contributed by atoms with E-state index in [1.165, 1.54) is 17.1 Å². The summed E-state index contributed by atoms with van der Waals surface area (Å²) < 4.78 is 21.6. The van der Waals surface area contributed by atoms with Gasteiger partial charge >= 0.3 is 24.1 Å². The number of imidazole rings is 1. The monoisotopic (exact) mass is 732 g/mol. The molecular formula is C35H56N8O9. The number of benzene rings is 2. The molecule has 0 aliphatic rings. The van der Waals surface area contributed by atoms with E-state index in [1.807, 2.05) is 17.6 Å². The smallest absolute Gasteiger partial charge is 0.421 e. The Bertz CT molecular complexity index is 1420. The summed E-state index contributed by atoms with van der Waals surface area (Å²) in [4.78, 5) is 50.2. The molecule has 0 spiro atoms. The summed E-state index contributed by atoms with van der Waals surface area (Å²) >= 11 is 0. The van der Waals surface area contributed by atoms with E-state index in [0.717, 1.165) is 49.9 Å². The lowest BCUT2D eigenvalue weighted by atomic mass is 10.1. The number of ether oxygens (including phenoxy) is 4. The summed E-state index contributed by atoms with van der Waals surface area (Å²) in [6.07, 6.45) is 9.21. The molecule has 0 fully saturated rings. The lowest BCUT2D eigenvalue weighted by Crippen LogP contribution is -2.35. The second-order valence-corrected chi connectivity index (χ2v) is 10.9. The van der Waals surface area contributed by atoms with Gasteiger partial charge in [0.05, 0.1) is 36.4 Å². The Kier molecular flexibility index (Phi) is 25.2. The Morgan fingerprint density at radius 2 is 1.19 bits per heavy atom. The molecule has 0 saturated carbocycles. The first-order valence-electron chi connectivity index (χ1n) is 16.8. The van der Waals surface area contributed by atoms with Crippen LogP contribution in [0.2, 0.25) is 0 Å². The van der Waals surface area contributed by atoms with Gasteiger partial charge in [0.2, 0.25) is 0 Å². The van der Waals surface area contributed by atoms with Crippen LogP contribution >= 0.6 is 0 Å². The van der Waals surface area contributed by atoms with Gasteiger partial charge in [0.1, 0.15) is 19.5 Å². The first-order valence-corrected chi connectivity index (χ1v) is 16.8. The molecule has 0 radical (unpaired) electrons. The summed E-state index contributed by atoms with van der Waals surface area (Å²) in [7, 11) is 0. The average molecular weight is 733 g/mol. The fraction of sp³-hybridized carbons (Fsp3) is 0.457. The molecule has 3 aromatic rings. The molecule has 1 amide bonds. The SMILES string of the molecule is CCCC[C@@H](COC(=O)NN)Nc1ccc(C(=O)OCC)cc1.CCCC[C@@H](COC(=O)n1ccnc1)Nc1ccc(C(=O)OCC)cc1.N=N.O.[HH]. The van der Waals surface area contributed by atoms with Crippen LogP contribution in [-0.4, -0.2) is 77.7 Å². The minimum atomic E-state index is -0.661. The lowest BCUT2D eigenvalue weighted by Gasteiger charge is -2.20. The van der Waals surface area contributed by atoms with Gasteiger partial charge in [-0.05, 0) is 75.2 Å². The minimum Gasteiger partial charge on any atom is -0.462 e. The van der Waals surface area contributed by atoms with Gasteiger partial charge in [-0.3, -0.25) is 5.43 Å². The standard InChI is InChI=1S/C19H25N3O4.C16H25N3O4.H2N2.H2O.H2/c1-3-5-6-17(13-26-19(24)22-12-11-20-14-22)21-16-9-7-15(8-10-16)18(23)25-4-2;1-3-5-6-14(11-23-16(21)19-17)18-13-9-7-12(8-10-13)15(20)22-4-2;1-2;;/h7-12,14,17,21H,3-6,13H2,1-2H3;7-10,14,18H,3-6,11,17H2,1-2H3,(H,19,21);1-2H;1H2;1H/t17-;14-;;;/m00.../s1. The molecule has 0 saturated heterocycles. The number of nitrogens with zero attached hydrogens (tertiary/aromatic N) is 2. The van der Waals surface area contributed by atoms with Gasteiger partial charge in [-0.15, -0.1) is 0 Å². The van der Waals surface area contributed by atoms with Crippen LogP contribution in [0.1, 0.15) is 88.4 Å². The largest absolute Gasteiger partial charge is 0.462 e. The van der Waals surface area contributed by atoms with Gasteiger partial charge in [-0.25, -0.2) is 45.6 Å². The van der Waals surface area contributed by atoms with Crippen molar-refractivity contribution in [3.8, 4) is 0 Å². The topological polar surface area (TPSA) is 264 Å². The van der Waals surface area contributed by atoms with Crippen molar-refractivity contribution in [2.24, 2.45) is 5.84 Å². The lowest BCUT2D eigenvalue weighted by molar-refractivity contribution is 0.0517. The van der Waals surface area contributed by atoms with Crippen LogP contribution in [0, 0.1) is 11.1 Å². The van der Waals surface area contributed by atoms with Crippen molar-refractivity contribution < 1.29 is 45.0 Å². The Morgan fingerprint density at radius 1 is 0.750 bits per heavy atom. The maximum atomic E-state index is 11.9. The summed E-state index contributed by atoms with van der Waals surface area (Å²) in [6.45, 7) is 8.90. The third-order valence-corrected chi connectivity index (χ3v) is 7.00. The molecule has 2 atom stereocenters. The molecule has 52 heavy (non-hydrogen) atoms. The summed E-state index contributed by atoms with van der Waals surface area (Å²) in [6, 6.07) is 14.0. The van der Waals surface area contributed by atoms with Crippen LogP contribution in [0.15, 0.2) is 67.3 Å². The molecule has 17 nitrogen and oxygen atoms in total. The third-order valence-electron chi connectivity index (χ3n) is 7.00. The highest BCUT2D eigenvalue weighted by Gasteiger charge is 2.15. The average Bonchev–Trinajstić information content (AvgIpc) is 3.71. The summed E-state index contributed by atoms with van der Waals surface area (Å²) in [5.41, 5.74) is 14.6. The Balaban J connectivity index is 0. The summed E-state index contributed by atoms with van der Waals surface area (Å²) in [5, 5.41) is 6.65. The number of hydrazine groups is 1. The fourth-order valence-electron chi connectivity index (χ4n) is 4.43. The van der Waals surface area contributed by atoms with Crippen molar-refractivity contribution in [3.05, 3.63) is 78.4 Å². The maximum Gasteiger partial charge on any atom is 0.421 e. The van der Waals surface area contributed by atoms with E-state index in [-0.39, 0.29) is 44.1 Å². The molecule has 1 aromatic heterocycles. The summed E-state index contributed by atoms with van der Waals surface area (Å²) in [5.74, 6) is 4.31. The zero-order valence-electron chi connectivity index (χ0n) is 30.3. The number of rotatable bonds is 18. The zero-order valence-corrected chi connectivity index (χ0v) is 30.3. The molecule has 2 aromatic carbocycles. The van der Waals surface area contributed by atoms with Crippen LogP contribution in [-0.2, 0) is 18.9 Å². The molecule has 0 aliphatic carbocycles. The second kappa shape index (κ2) is 28.2. The van der Waals surface area contributed by atoms with E-state index in [0.29, 0.717) is 24.3 Å². The van der Waals surface area contributed by atoms with Gasteiger partial charge in [0, 0.05) is 25.2 Å². The molecule has 1 heterocycles. The van der Waals surface area contributed by atoms with Crippen molar-refractivity contribution in [3.63, 3.8) is 0 Å². The molecule has 17 heteroatoms. The van der Waals surface area contributed by atoms with Gasteiger partial charge in [-0.2, -0.15) is 0 Å². The van der Waals surface area contributed by atoms with E-state index in [1.54, 1.807) is 56.4 Å². The second-order valence-electron chi connectivity index (χ2n) is 10.9. The van der Waals surface area contributed by atoms with E-state index >= 15 is 0 Å². The Morgan fingerprint density at radius 3 is 1.56 bits per heavy atom. The van der Waals surface area contributed by atoms with Gasteiger partial charge in [0.25, 0.3) is 0 Å². The van der Waals surface area contributed by atoms with Gasteiger partial charge in [-0.1, -0.05) is 39.5 Å². The first kappa shape index (κ1) is 46.5. The van der Waals surface area contributed by atoms with Gasteiger partial charge in [0.15, 0.2) is 0 Å². The van der Waals surface area contributed by atoms with E-state index in [9.17, 15) is 19.2 Å².